The van der Waals surface area contributed by atoms with Crippen LogP contribution >= 0.6 is 0 Å². The van der Waals surface area contributed by atoms with E-state index in [0.717, 1.165) is 67.3 Å². The summed E-state index contributed by atoms with van der Waals surface area (Å²) >= 11 is 0. The predicted octanol–water partition coefficient (Wildman–Crippen LogP) is 4.50. The summed E-state index contributed by atoms with van der Waals surface area (Å²) in [7, 11) is 0. The van der Waals surface area contributed by atoms with Crippen LogP contribution in [0.25, 0.3) is 5.57 Å². The van der Waals surface area contributed by atoms with Gasteiger partial charge >= 0.3 is 0 Å². The van der Waals surface area contributed by atoms with Crippen LogP contribution in [-0.2, 0) is 0 Å². The summed E-state index contributed by atoms with van der Waals surface area (Å²) in [4.78, 5) is 2.22. The molecular formula is C27H31FN2O3. The summed E-state index contributed by atoms with van der Waals surface area (Å²) in [5.74, 6) is 2.06. The third-order valence-electron chi connectivity index (χ3n) is 6.80. The normalized spacial score (nSPS) is 21.2. The first-order valence-corrected chi connectivity index (χ1v) is 11.7. The Balaban J connectivity index is 1.34. The van der Waals surface area contributed by atoms with Crippen molar-refractivity contribution in [3.63, 3.8) is 0 Å². The van der Waals surface area contributed by atoms with Crippen LogP contribution < -0.4 is 14.8 Å². The molecule has 3 aliphatic rings. The first-order chi connectivity index (χ1) is 16.1. The standard InChI is InChI=1S/C27H31FN2O3/c1-18-24-14-22(31)4-7-25(24)33-27(26(18)20-8-10-29-11-9-20)21-2-5-23(6-3-21)32-13-12-30-16-19(15-28)17-30/h2-8,14,19,27,29,31H,9-13,15-17H2,1H3/t27-/m0/s1. The molecule has 3 aliphatic heterocycles. The highest BCUT2D eigenvalue weighted by Crippen LogP contribution is 2.46. The molecule has 0 aromatic heterocycles. The largest absolute Gasteiger partial charge is 0.508 e. The molecule has 0 unspecified atom stereocenters. The van der Waals surface area contributed by atoms with E-state index in [1.54, 1.807) is 12.1 Å². The molecule has 1 atom stereocenters. The van der Waals surface area contributed by atoms with Crippen molar-refractivity contribution in [1.82, 2.24) is 10.2 Å². The van der Waals surface area contributed by atoms with E-state index >= 15 is 0 Å². The number of hydrogen-bond acceptors (Lipinski definition) is 5. The fourth-order valence-electron chi connectivity index (χ4n) is 4.94. The van der Waals surface area contributed by atoms with Crippen LogP contribution in [0.4, 0.5) is 4.39 Å². The van der Waals surface area contributed by atoms with Gasteiger partial charge in [0.05, 0.1) is 6.67 Å². The number of phenols is 1. The van der Waals surface area contributed by atoms with Crippen LogP contribution in [-0.4, -0.2) is 56.0 Å². The summed E-state index contributed by atoms with van der Waals surface area (Å²) in [5, 5.41) is 13.4. The SMILES string of the molecule is CC1=C(C2=CCNCC2)[C@H](c2ccc(OCCN3CC(CF)C3)cc2)Oc2ccc(O)cc21. The monoisotopic (exact) mass is 450 g/mol. The van der Waals surface area contributed by atoms with E-state index in [4.69, 9.17) is 9.47 Å². The average molecular weight is 451 g/mol. The third-order valence-corrected chi connectivity index (χ3v) is 6.80. The fraction of sp³-hybridized carbons (Fsp3) is 0.407. The van der Waals surface area contributed by atoms with Crippen LogP contribution in [0.5, 0.6) is 17.2 Å². The van der Waals surface area contributed by atoms with Gasteiger partial charge in [-0.3, -0.25) is 9.29 Å². The number of hydrogen-bond donors (Lipinski definition) is 2. The van der Waals surface area contributed by atoms with Crippen molar-refractivity contribution in [3.8, 4) is 17.2 Å². The van der Waals surface area contributed by atoms with E-state index in [9.17, 15) is 9.50 Å². The highest BCUT2D eigenvalue weighted by atomic mass is 19.1. The number of likely N-dealkylation sites (tertiary alicyclic amines) is 1. The molecule has 2 aromatic carbocycles. The van der Waals surface area contributed by atoms with E-state index in [1.165, 1.54) is 11.1 Å². The summed E-state index contributed by atoms with van der Waals surface area (Å²) in [6.07, 6.45) is 2.98. The van der Waals surface area contributed by atoms with E-state index < -0.39 is 0 Å². The quantitative estimate of drug-likeness (QED) is 0.651. The number of aromatic hydroxyl groups is 1. The van der Waals surface area contributed by atoms with Gasteiger partial charge < -0.3 is 19.9 Å². The van der Waals surface area contributed by atoms with Gasteiger partial charge in [0, 0.05) is 43.2 Å². The molecule has 1 saturated heterocycles. The number of halogens is 1. The third kappa shape index (κ3) is 4.63. The minimum atomic E-state index is -0.225. The number of ether oxygens (including phenoxy) is 2. The molecule has 33 heavy (non-hydrogen) atoms. The zero-order valence-electron chi connectivity index (χ0n) is 19.0. The number of alkyl halides is 1. The van der Waals surface area contributed by atoms with Gasteiger partial charge in [0.25, 0.3) is 0 Å². The molecule has 0 saturated carbocycles. The lowest BCUT2D eigenvalue weighted by Crippen LogP contribution is -2.49. The molecule has 3 heterocycles. The van der Waals surface area contributed by atoms with Gasteiger partial charge in [-0.25, -0.2) is 0 Å². The molecule has 2 N–H and O–H groups in total. The zero-order chi connectivity index (χ0) is 22.8. The Morgan fingerprint density at radius 1 is 1.18 bits per heavy atom. The molecule has 174 valence electrons. The van der Waals surface area contributed by atoms with Crippen molar-refractivity contribution >= 4 is 5.57 Å². The van der Waals surface area contributed by atoms with Crippen molar-refractivity contribution in [3.05, 3.63) is 70.8 Å². The van der Waals surface area contributed by atoms with Crippen LogP contribution in [0.15, 0.2) is 59.7 Å². The lowest BCUT2D eigenvalue weighted by Gasteiger charge is -2.37. The number of nitrogens with one attached hydrogen (secondary N) is 1. The first-order valence-electron chi connectivity index (χ1n) is 11.7. The molecule has 5 rings (SSSR count). The lowest BCUT2D eigenvalue weighted by molar-refractivity contribution is 0.0668. The number of benzene rings is 2. The lowest BCUT2D eigenvalue weighted by atomic mass is 9.84. The molecule has 0 amide bonds. The summed E-state index contributed by atoms with van der Waals surface area (Å²) < 4.78 is 25.0. The maximum Gasteiger partial charge on any atom is 0.149 e. The first kappa shape index (κ1) is 22.0. The maximum atomic E-state index is 12.6. The molecule has 0 spiro atoms. The molecule has 1 fully saturated rings. The summed E-state index contributed by atoms with van der Waals surface area (Å²) in [6, 6.07) is 13.4. The van der Waals surface area contributed by atoms with Crippen molar-refractivity contribution in [2.24, 2.45) is 5.92 Å². The van der Waals surface area contributed by atoms with Crippen LogP contribution in [0.1, 0.15) is 30.6 Å². The van der Waals surface area contributed by atoms with Gasteiger partial charge in [0.1, 0.15) is 30.0 Å². The average Bonchev–Trinajstić information content (AvgIpc) is 2.82. The van der Waals surface area contributed by atoms with Gasteiger partial charge in [0.2, 0.25) is 0 Å². The molecule has 5 nitrogen and oxygen atoms in total. The fourth-order valence-corrected chi connectivity index (χ4v) is 4.94. The van der Waals surface area contributed by atoms with Crippen molar-refractivity contribution in [2.75, 3.05) is 46.0 Å². The number of fused-ring (bicyclic) bond motifs is 1. The molecule has 2 aromatic rings. The van der Waals surface area contributed by atoms with E-state index in [1.807, 2.05) is 18.2 Å². The second kappa shape index (κ2) is 9.57. The minimum Gasteiger partial charge on any atom is -0.508 e. The molecule has 0 radical (unpaired) electrons. The number of rotatable bonds is 7. The van der Waals surface area contributed by atoms with Gasteiger partial charge in [-0.2, -0.15) is 0 Å². The summed E-state index contributed by atoms with van der Waals surface area (Å²) in [5.41, 5.74) is 5.65. The molecular weight excluding hydrogens is 419 g/mol. The maximum absolute atomic E-state index is 12.6. The van der Waals surface area contributed by atoms with Crippen molar-refractivity contribution in [2.45, 2.75) is 19.4 Å². The number of allylic oxidation sites excluding steroid dienone is 1. The second-order valence-electron chi connectivity index (χ2n) is 9.10. The van der Waals surface area contributed by atoms with Crippen LogP contribution in [0.3, 0.4) is 0 Å². The van der Waals surface area contributed by atoms with Gasteiger partial charge in [-0.15, -0.1) is 0 Å². The van der Waals surface area contributed by atoms with Gasteiger partial charge in [-0.1, -0.05) is 18.2 Å². The van der Waals surface area contributed by atoms with Gasteiger partial charge in [0.15, 0.2) is 0 Å². The second-order valence-corrected chi connectivity index (χ2v) is 9.10. The Kier molecular flexibility index (Phi) is 6.38. The Morgan fingerprint density at radius 3 is 2.73 bits per heavy atom. The number of nitrogens with zero attached hydrogens (tertiary/aromatic N) is 1. The Bertz CT molecular complexity index is 1060. The Morgan fingerprint density at radius 2 is 2.00 bits per heavy atom. The highest BCUT2D eigenvalue weighted by Gasteiger charge is 2.31. The van der Waals surface area contributed by atoms with E-state index in [0.29, 0.717) is 6.61 Å². The van der Waals surface area contributed by atoms with E-state index in [2.05, 4.69) is 35.3 Å². The number of phenolic OH excluding ortho intramolecular Hbond substituents is 1. The van der Waals surface area contributed by atoms with E-state index in [-0.39, 0.29) is 24.4 Å². The predicted molar refractivity (Wildman–Crippen MR) is 127 cm³/mol. The highest BCUT2D eigenvalue weighted by molar-refractivity contribution is 5.79. The van der Waals surface area contributed by atoms with Crippen molar-refractivity contribution in [1.29, 1.82) is 0 Å². The molecule has 6 heteroatoms. The topological polar surface area (TPSA) is 54.0 Å². The van der Waals surface area contributed by atoms with Crippen molar-refractivity contribution < 1.29 is 19.0 Å². The van der Waals surface area contributed by atoms with Crippen LogP contribution in [0, 0.1) is 5.92 Å². The van der Waals surface area contributed by atoms with Crippen LogP contribution in [0.2, 0.25) is 0 Å². The van der Waals surface area contributed by atoms with Gasteiger partial charge in [-0.05, 0) is 66.9 Å². The zero-order valence-corrected chi connectivity index (χ0v) is 19.0. The Hall–Kier alpha value is -2.83. The summed E-state index contributed by atoms with van der Waals surface area (Å²) in [6.45, 7) is 6.76. The Labute approximate surface area is 194 Å². The minimum absolute atomic E-state index is 0.203. The molecule has 0 aliphatic carbocycles. The smallest absolute Gasteiger partial charge is 0.149 e. The molecule has 0 bridgehead atoms.